The zero-order chi connectivity index (χ0) is 20.5. The summed E-state index contributed by atoms with van der Waals surface area (Å²) in [7, 11) is 1.58. The first kappa shape index (κ1) is 18.9. The third-order valence-electron chi connectivity index (χ3n) is 4.62. The minimum Gasteiger partial charge on any atom is -0.497 e. The zero-order valence-corrected chi connectivity index (χ0v) is 16.0. The molecule has 1 aliphatic heterocycles. The molecule has 7 nitrogen and oxygen atoms in total. The minimum absolute atomic E-state index is 0.0719. The molecule has 0 saturated heterocycles. The summed E-state index contributed by atoms with van der Waals surface area (Å²) in [5.74, 6) is -0.198. The third-order valence-corrected chi connectivity index (χ3v) is 4.91. The highest BCUT2D eigenvalue weighted by molar-refractivity contribution is 6.31. The Balaban J connectivity index is 1.64. The summed E-state index contributed by atoms with van der Waals surface area (Å²) in [5, 5.41) is 9.64. The smallest absolute Gasteiger partial charge is 0.249 e. The number of carbonyl (C=O) groups excluding carboxylic acids is 2. The van der Waals surface area contributed by atoms with E-state index in [2.05, 4.69) is 15.7 Å². The molecule has 4 rings (SSSR count). The molecule has 2 heterocycles. The largest absolute Gasteiger partial charge is 0.497 e. The van der Waals surface area contributed by atoms with Crippen LogP contribution >= 0.6 is 11.6 Å². The van der Waals surface area contributed by atoms with E-state index >= 15 is 0 Å². The Morgan fingerprint density at radius 1 is 1.31 bits per heavy atom. The summed E-state index contributed by atoms with van der Waals surface area (Å²) < 4.78 is 20.0. The Labute approximate surface area is 170 Å². The van der Waals surface area contributed by atoms with Gasteiger partial charge in [-0.2, -0.15) is 5.10 Å². The lowest BCUT2D eigenvalue weighted by Crippen LogP contribution is -2.35. The van der Waals surface area contributed by atoms with Crippen molar-refractivity contribution in [3.05, 3.63) is 59.5 Å². The number of hydrogen-bond acceptors (Lipinski definition) is 4. The van der Waals surface area contributed by atoms with E-state index in [1.807, 2.05) is 12.1 Å². The van der Waals surface area contributed by atoms with Crippen LogP contribution in [0.2, 0.25) is 5.02 Å². The highest BCUT2D eigenvalue weighted by atomic mass is 35.5. The van der Waals surface area contributed by atoms with Crippen LogP contribution in [0, 0.1) is 5.82 Å². The number of benzene rings is 2. The monoisotopic (exact) mass is 414 g/mol. The van der Waals surface area contributed by atoms with Gasteiger partial charge in [0.2, 0.25) is 11.8 Å². The molecule has 2 aromatic carbocycles. The van der Waals surface area contributed by atoms with Crippen LogP contribution in [0.5, 0.6) is 5.75 Å². The number of nitrogens with one attached hydrogen (secondary N) is 2. The number of halogens is 2. The van der Waals surface area contributed by atoms with Gasteiger partial charge in [0.25, 0.3) is 0 Å². The molecule has 0 radical (unpaired) electrons. The number of hydrogen-bond donors (Lipinski definition) is 2. The van der Waals surface area contributed by atoms with Crippen molar-refractivity contribution >= 4 is 34.9 Å². The molecule has 0 bridgehead atoms. The number of anilines is 2. The maximum Gasteiger partial charge on any atom is 0.249 e. The number of rotatable bonds is 4. The molecule has 0 unspecified atom stereocenters. The topological polar surface area (TPSA) is 85.2 Å². The number of aromatic nitrogens is 2. The average Bonchev–Trinajstić information content (AvgIpc) is 3.13. The highest BCUT2D eigenvalue weighted by Crippen LogP contribution is 2.35. The molecular weight excluding hydrogens is 399 g/mol. The van der Waals surface area contributed by atoms with Crippen molar-refractivity contribution in [2.45, 2.75) is 12.5 Å². The maximum absolute atomic E-state index is 13.3. The van der Waals surface area contributed by atoms with Crippen LogP contribution in [0.4, 0.5) is 15.9 Å². The van der Waals surface area contributed by atoms with Crippen molar-refractivity contribution in [1.82, 2.24) is 9.78 Å². The lowest BCUT2D eigenvalue weighted by molar-refractivity contribution is -0.125. The van der Waals surface area contributed by atoms with Crippen molar-refractivity contribution in [3.63, 3.8) is 0 Å². The second-order valence-electron chi connectivity index (χ2n) is 6.47. The lowest BCUT2D eigenvalue weighted by atomic mass is 10.1. The number of carbonyl (C=O) groups is 2. The third kappa shape index (κ3) is 3.66. The number of methoxy groups -OCH3 is 1. The minimum atomic E-state index is -0.852. The molecule has 9 heteroatoms. The predicted octanol–water partition coefficient (Wildman–Crippen LogP) is 3.87. The lowest BCUT2D eigenvalue weighted by Gasteiger charge is -2.24. The summed E-state index contributed by atoms with van der Waals surface area (Å²) in [4.78, 5) is 25.0. The van der Waals surface area contributed by atoms with Gasteiger partial charge in [0.05, 0.1) is 24.8 Å². The second kappa shape index (κ2) is 7.56. The predicted molar refractivity (Wildman–Crippen MR) is 107 cm³/mol. The fourth-order valence-electron chi connectivity index (χ4n) is 3.15. The van der Waals surface area contributed by atoms with Crippen LogP contribution in [0.15, 0.2) is 48.7 Å². The van der Waals surface area contributed by atoms with E-state index in [-0.39, 0.29) is 17.4 Å². The van der Waals surface area contributed by atoms with Gasteiger partial charge in [-0.25, -0.2) is 9.07 Å². The van der Waals surface area contributed by atoms with Gasteiger partial charge in [0, 0.05) is 11.3 Å². The SMILES string of the molecule is COc1ccc(-c2cnn3c2NC(=O)C[C@@H]3C(=O)Nc2ccc(F)c(Cl)c2)cc1. The molecule has 29 heavy (non-hydrogen) atoms. The average molecular weight is 415 g/mol. The first-order valence-electron chi connectivity index (χ1n) is 8.74. The van der Waals surface area contributed by atoms with Crippen LogP contribution in [0.3, 0.4) is 0 Å². The summed E-state index contributed by atoms with van der Waals surface area (Å²) in [6, 6.07) is 10.3. The number of ether oxygens (including phenoxy) is 1. The molecule has 1 aliphatic rings. The Hall–Kier alpha value is -3.39. The van der Waals surface area contributed by atoms with Crippen LogP contribution in [-0.4, -0.2) is 28.7 Å². The van der Waals surface area contributed by atoms with Gasteiger partial charge < -0.3 is 15.4 Å². The molecule has 1 aromatic heterocycles. The number of fused-ring (bicyclic) bond motifs is 1. The normalized spacial score (nSPS) is 15.4. The molecule has 148 valence electrons. The van der Waals surface area contributed by atoms with E-state index in [9.17, 15) is 14.0 Å². The van der Waals surface area contributed by atoms with Gasteiger partial charge in [0.15, 0.2) is 0 Å². The Bertz CT molecular complexity index is 1100. The number of nitrogens with zero attached hydrogens (tertiary/aromatic N) is 2. The Kier molecular flexibility index (Phi) is 4.94. The van der Waals surface area contributed by atoms with Crippen LogP contribution in [0.1, 0.15) is 12.5 Å². The van der Waals surface area contributed by atoms with E-state index in [0.717, 1.165) is 11.6 Å². The van der Waals surface area contributed by atoms with Gasteiger partial charge in [-0.05, 0) is 35.9 Å². The molecule has 0 spiro atoms. The Morgan fingerprint density at radius 2 is 2.07 bits per heavy atom. The van der Waals surface area contributed by atoms with Gasteiger partial charge >= 0.3 is 0 Å². The van der Waals surface area contributed by atoms with Gasteiger partial charge in [-0.1, -0.05) is 23.7 Å². The van der Waals surface area contributed by atoms with Crippen LogP contribution < -0.4 is 15.4 Å². The first-order chi connectivity index (χ1) is 14.0. The van der Waals surface area contributed by atoms with E-state index in [0.29, 0.717) is 22.8 Å². The van der Waals surface area contributed by atoms with E-state index in [4.69, 9.17) is 16.3 Å². The Morgan fingerprint density at radius 3 is 2.76 bits per heavy atom. The van der Waals surface area contributed by atoms with Crippen molar-refractivity contribution in [1.29, 1.82) is 0 Å². The molecule has 2 N–H and O–H groups in total. The molecule has 0 aliphatic carbocycles. The van der Waals surface area contributed by atoms with Crippen LogP contribution in [0.25, 0.3) is 11.1 Å². The van der Waals surface area contributed by atoms with Gasteiger partial charge in [-0.15, -0.1) is 0 Å². The van der Waals surface area contributed by atoms with Crippen molar-refractivity contribution in [3.8, 4) is 16.9 Å². The standard InChI is InChI=1S/C20H16ClFN4O3/c1-29-13-5-2-11(3-6-13)14-10-23-26-17(9-18(27)25-19(14)26)20(28)24-12-4-7-16(22)15(21)8-12/h2-8,10,17H,9H2,1H3,(H,24,28)(H,25,27)/t17-/m1/s1. The summed E-state index contributed by atoms with van der Waals surface area (Å²) in [6.07, 6.45) is 1.52. The fourth-order valence-corrected chi connectivity index (χ4v) is 3.33. The van der Waals surface area contributed by atoms with Crippen molar-refractivity contribution < 1.29 is 18.7 Å². The quantitative estimate of drug-likeness (QED) is 0.678. The molecule has 0 fully saturated rings. The van der Waals surface area contributed by atoms with E-state index in [1.54, 1.807) is 25.4 Å². The van der Waals surface area contributed by atoms with Crippen molar-refractivity contribution in [2.75, 3.05) is 17.7 Å². The molecule has 1 atom stereocenters. The van der Waals surface area contributed by atoms with Crippen molar-refractivity contribution in [2.24, 2.45) is 0 Å². The number of amides is 2. The van der Waals surface area contributed by atoms with Gasteiger partial charge in [0.1, 0.15) is 23.4 Å². The van der Waals surface area contributed by atoms with E-state index < -0.39 is 17.8 Å². The maximum atomic E-state index is 13.3. The van der Waals surface area contributed by atoms with Crippen LogP contribution in [-0.2, 0) is 9.59 Å². The second-order valence-corrected chi connectivity index (χ2v) is 6.87. The molecule has 0 saturated carbocycles. The van der Waals surface area contributed by atoms with E-state index in [1.165, 1.54) is 16.8 Å². The first-order valence-corrected chi connectivity index (χ1v) is 9.12. The summed E-state index contributed by atoms with van der Waals surface area (Å²) in [5.41, 5.74) is 1.83. The highest BCUT2D eigenvalue weighted by Gasteiger charge is 2.33. The van der Waals surface area contributed by atoms with Gasteiger partial charge in [-0.3, -0.25) is 9.59 Å². The summed E-state index contributed by atoms with van der Waals surface area (Å²) in [6.45, 7) is 0. The fraction of sp³-hybridized carbons (Fsp3) is 0.150. The molecule has 3 aromatic rings. The molecular formula is C20H16ClFN4O3. The summed E-state index contributed by atoms with van der Waals surface area (Å²) >= 11 is 5.76. The zero-order valence-electron chi connectivity index (χ0n) is 15.3. The molecule has 2 amide bonds.